The normalized spacial score (nSPS) is 13.1. The number of nitrogens with zero attached hydrogens (tertiary/aromatic N) is 1. The Balaban J connectivity index is 1.71. The van der Waals surface area contributed by atoms with E-state index in [1.807, 2.05) is 49.4 Å². The van der Waals surface area contributed by atoms with Crippen molar-refractivity contribution in [2.45, 2.75) is 26.2 Å². The summed E-state index contributed by atoms with van der Waals surface area (Å²) in [5.41, 5.74) is 5.48. The van der Waals surface area contributed by atoms with E-state index >= 15 is 0 Å². The minimum absolute atomic E-state index is 0.135. The van der Waals surface area contributed by atoms with Crippen molar-refractivity contribution >= 4 is 34.1 Å². The van der Waals surface area contributed by atoms with Gasteiger partial charge in [0.15, 0.2) is 0 Å². The van der Waals surface area contributed by atoms with Crippen LogP contribution in [0.5, 0.6) is 0 Å². The Bertz CT molecular complexity index is 965. The maximum atomic E-state index is 12.6. The smallest absolute Gasteiger partial charge is 0.255 e. The molecule has 0 aliphatic heterocycles. The maximum Gasteiger partial charge on any atom is 0.255 e. The van der Waals surface area contributed by atoms with Gasteiger partial charge in [-0.1, -0.05) is 35.9 Å². The van der Waals surface area contributed by atoms with Gasteiger partial charge < -0.3 is 5.32 Å². The Hall–Kier alpha value is -2.39. The molecule has 0 saturated carbocycles. The third-order valence-electron chi connectivity index (χ3n) is 4.60. The van der Waals surface area contributed by atoms with Crippen molar-refractivity contribution in [3.05, 3.63) is 69.9 Å². The van der Waals surface area contributed by atoms with E-state index in [0.29, 0.717) is 5.56 Å². The van der Waals surface area contributed by atoms with Crippen LogP contribution in [0.1, 0.15) is 33.6 Å². The van der Waals surface area contributed by atoms with Gasteiger partial charge in [-0.05, 0) is 55.5 Å². The van der Waals surface area contributed by atoms with Crippen molar-refractivity contribution in [2.75, 3.05) is 5.32 Å². The Morgan fingerprint density at radius 1 is 1.17 bits per heavy atom. The highest BCUT2D eigenvalue weighted by Crippen LogP contribution is 2.33. The molecule has 4 heteroatoms. The van der Waals surface area contributed by atoms with Gasteiger partial charge in [-0.2, -0.15) is 0 Å². The number of hydrogen-bond donors (Lipinski definition) is 1. The first-order chi connectivity index (χ1) is 11.6. The molecule has 1 N–H and O–H groups in total. The highest BCUT2D eigenvalue weighted by atomic mass is 35.5. The summed E-state index contributed by atoms with van der Waals surface area (Å²) in [6.07, 6.45) is 3.05. The van der Waals surface area contributed by atoms with E-state index in [0.717, 1.165) is 52.1 Å². The van der Waals surface area contributed by atoms with Gasteiger partial charge in [-0.15, -0.1) is 0 Å². The number of anilines is 1. The molecule has 0 bridgehead atoms. The summed E-state index contributed by atoms with van der Waals surface area (Å²) in [5, 5.41) is 4.67. The van der Waals surface area contributed by atoms with Crippen LogP contribution < -0.4 is 5.32 Å². The summed E-state index contributed by atoms with van der Waals surface area (Å²) < 4.78 is 0. The number of para-hydroxylation sites is 1. The fourth-order valence-electron chi connectivity index (χ4n) is 3.25. The lowest BCUT2D eigenvalue weighted by molar-refractivity contribution is 0.102. The maximum absolute atomic E-state index is 12.6. The third kappa shape index (κ3) is 2.55. The Morgan fingerprint density at radius 3 is 2.83 bits per heavy atom. The van der Waals surface area contributed by atoms with Gasteiger partial charge in [0.05, 0.1) is 10.5 Å². The first-order valence-corrected chi connectivity index (χ1v) is 8.49. The Morgan fingerprint density at radius 2 is 2.00 bits per heavy atom. The Labute approximate surface area is 145 Å². The number of carbonyl (C=O) groups excluding carboxylic acids is 1. The van der Waals surface area contributed by atoms with Crippen LogP contribution >= 0.6 is 11.6 Å². The SMILES string of the molecule is Cc1ccccc1NC(=O)c1ccc2c(Cl)c3c(nc2c1)CCC3. The van der Waals surface area contributed by atoms with Crippen LogP contribution in [0.4, 0.5) is 5.69 Å². The number of nitrogens with one attached hydrogen (secondary N) is 1. The van der Waals surface area contributed by atoms with E-state index in [-0.39, 0.29) is 5.91 Å². The number of aryl methyl sites for hydroxylation is 2. The summed E-state index contributed by atoms with van der Waals surface area (Å²) in [6.45, 7) is 1.97. The minimum atomic E-state index is -0.135. The van der Waals surface area contributed by atoms with E-state index in [1.54, 1.807) is 0 Å². The molecule has 2 aromatic carbocycles. The number of aromatic nitrogens is 1. The molecule has 1 aliphatic carbocycles. The number of halogens is 1. The van der Waals surface area contributed by atoms with Crippen LogP contribution in [0.3, 0.4) is 0 Å². The molecule has 0 atom stereocenters. The van der Waals surface area contributed by atoms with Crippen molar-refractivity contribution in [3.8, 4) is 0 Å². The number of carbonyl (C=O) groups is 1. The van der Waals surface area contributed by atoms with E-state index in [1.165, 1.54) is 5.56 Å². The lowest BCUT2D eigenvalue weighted by Crippen LogP contribution is -2.12. The molecular formula is C20H17ClN2O. The monoisotopic (exact) mass is 336 g/mol. The summed E-state index contributed by atoms with van der Waals surface area (Å²) in [6, 6.07) is 13.3. The second kappa shape index (κ2) is 5.91. The number of hydrogen-bond acceptors (Lipinski definition) is 2. The number of pyridine rings is 1. The molecule has 24 heavy (non-hydrogen) atoms. The molecule has 4 rings (SSSR count). The summed E-state index contributed by atoms with van der Waals surface area (Å²) >= 11 is 6.53. The van der Waals surface area contributed by atoms with Crippen LogP contribution in [0.2, 0.25) is 5.02 Å². The average molecular weight is 337 g/mol. The molecule has 0 radical (unpaired) electrons. The molecular weight excluding hydrogens is 320 g/mol. The predicted octanol–water partition coefficient (Wildman–Crippen LogP) is 4.94. The van der Waals surface area contributed by atoms with Crippen LogP contribution in [-0.2, 0) is 12.8 Å². The molecule has 0 fully saturated rings. The van der Waals surface area contributed by atoms with Gasteiger partial charge in [-0.3, -0.25) is 9.78 Å². The second-order valence-corrected chi connectivity index (χ2v) is 6.58. The number of benzene rings is 2. The lowest BCUT2D eigenvalue weighted by atomic mass is 10.1. The molecule has 0 spiro atoms. The fraction of sp³-hybridized carbons (Fsp3) is 0.200. The predicted molar refractivity (Wildman–Crippen MR) is 97.9 cm³/mol. The Kier molecular flexibility index (Phi) is 3.73. The number of amides is 1. The van der Waals surface area contributed by atoms with Crippen molar-refractivity contribution in [2.24, 2.45) is 0 Å². The van der Waals surface area contributed by atoms with E-state index in [2.05, 4.69) is 5.32 Å². The molecule has 1 aromatic heterocycles. The van der Waals surface area contributed by atoms with Gasteiger partial charge in [0.2, 0.25) is 0 Å². The zero-order valence-corrected chi connectivity index (χ0v) is 14.2. The number of fused-ring (bicyclic) bond motifs is 2. The first-order valence-electron chi connectivity index (χ1n) is 8.11. The zero-order valence-electron chi connectivity index (χ0n) is 13.4. The van der Waals surface area contributed by atoms with Gasteiger partial charge in [0.1, 0.15) is 0 Å². The fourth-order valence-corrected chi connectivity index (χ4v) is 3.62. The van der Waals surface area contributed by atoms with Crippen LogP contribution in [0.15, 0.2) is 42.5 Å². The van der Waals surface area contributed by atoms with E-state index in [9.17, 15) is 4.79 Å². The second-order valence-electron chi connectivity index (χ2n) is 6.21. The van der Waals surface area contributed by atoms with Crippen molar-refractivity contribution in [1.29, 1.82) is 0 Å². The van der Waals surface area contributed by atoms with Gasteiger partial charge in [0.25, 0.3) is 5.91 Å². The number of rotatable bonds is 2. The molecule has 3 nitrogen and oxygen atoms in total. The van der Waals surface area contributed by atoms with Crippen molar-refractivity contribution in [1.82, 2.24) is 4.98 Å². The molecule has 3 aromatic rings. The minimum Gasteiger partial charge on any atom is -0.322 e. The molecule has 0 saturated heterocycles. The quantitative estimate of drug-likeness (QED) is 0.720. The van der Waals surface area contributed by atoms with E-state index in [4.69, 9.17) is 16.6 Å². The first kappa shape index (κ1) is 15.2. The highest BCUT2D eigenvalue weighted by molar-refractivity contribution is 6.36. The van der Waals surface area contributed by atoms with Crippen LogP contribution in [0, 0.1) is 6.92 Å². The summed E-state index contributed by atoms with van der Waals surface area (Å²) in [4.78, 5) is 17.3. The van der Waals surface area contributed by atoms with Crippen LogP contribution in [0.25, 0.3) is 10.9 Å². The van der Waals surface area contributed by atoms with Crippen LogP contribution in [-0.4, -0.2) is 10.9 Å². The van der Waals surface area contributed by atoms with E-state index < -0.39 is 0 Å². The molecule has 1 aliphatic rings. The third-order valence-corrected chi connectivity index (χ3v) is 5.03. The standard InChI is InChI=1S/C20H17ClN2O/c1-12-5-2-3-7-16(12)23-20(24)13-9-10-15-18(11-13)22-17-8-4-6-14(17)19(15)21/h2-3,5,7,9-11H,4,6,8H2,1H3,(H,23,24). The summed E-state index contributed by atoms with van der Waals surface area (Å²) in [5.74, 6) is -0.135. The van der Waals surface area contributed by atoms with Gasteiger partial charge in [0, 0.05) is 22.3 Å². The van der Waals surface area contributed by atoms with Crippen molar-refractivity contribution in [3.63, 3.8) is 0 Å². The molecule has 0 unspecified atom stereocenters. The topological polar surface area (TPSA) is 42.0 Å². The lowest BCUT2D eigenvalue weighted by Gasteiger charge is -2.10. The molecule has 1 heterocycles. The summed E-state index contributed by atoms with van der Waals surface area (Å²) in [7, 11) is 0. The van der Waals surface area contributed by atoms with Gasteiger partial charge in [-0.25, -0.2) is 0 Å². The van der Waals surface area contributed by atoms with Crippen molar-refractivity contribution < 1.29 is 4.79 Å². The van der Waals surface area contributed by atoms with Gasteiger partial charge >= 0.3 is 0 Å². The zero-order chi connectivity index (χ0) is 16.7. The average Bonchev–Trinajstić information content (AvgIpc) is 3.05. The molecule has 1 amide bonds. The largest absolute Gasteiger partial charge is 0.322 e. The molecule has 120 valence electrons. The highest BCUT2D eigenvalue weighted by Gasteiger charge is 2.19.